The van der Waals surface area contributed by atoms with Crippen molar-refractivity contribution < 1.29 is 13.2 Å². The number of hydrogen-bond donors (Lipinski definition) is 0. The van der Waals surface area contributed by atoms with Crippen LogP contribution in [0.3, 0.4) is 0 Å². The average Bonchev–Trinajstić information content (AvgIpc) is 3.14. The molecule has 4 rings (SSSR count). The summed E-state index contributed by atoms with van der Waals surface area (Å²) in [4.78, 5) is 4.70. The Bertz CT molecular complexity index is 978. The normalized spacial score (nSPS) is 11.5. The minimum absolute atomic E-state index is 0.617. The number of alkyl halides is 3. The number of halogens is 3. The maximum absolute atomic E-state index is 12.8. The number of rotatable bonds is 3. The molecule has 27 heavy (non-hydrogen) atoms. The Morgan fingerprint density at radius 2 is 1.26 bits per heavy atom. The highest BCUT2D eigenvalue weighted by Crippen LogP contribution is 2.32. The van der Waals surface area contributed by atoms with Crippen molar-refractivity contribution in [3.05, 3.63) is 96.7 Å². The fourth-order valence-electron chi connectivity index (χ4n) is 2.93. The molecule has 5 heteroatoms. The van der Waals surface area contributed by atoms with Crippen LogP contribution in [-0.2, 0) is 6.18 Å². The maximum atomic E-state index is 12.8. The van der Waals surface area contributed by atoms with E-state index >= 15 is 0 Å². The first kappa shape index (κ1) is 17.1. The van der Waals surface area contributed by atoms with Crippen molar-refractivity contribution in [3.8, 4) is 28.3 Å². The highest BCUT2D eigenvalue weighted by molar-refractivity contribution is 5.67. The van der Waals surface area contributed by atoms with Crippen LogP contribution in [0.2, 0.25) is 0 Å². The second-order valence-electron chi connectivity index (χ2n) is 6.10. The van der Waals surface area contributed by atoms with Crippen LogP contribution in [0.1, 0.15) is 5.56 Å². The Balaban J connectivity index is 1.82. The monoisotopic (exact) mass is 364 g/mol. The first-order chi connectivity index (χ1) is 13.0. The highest BCUT2D eigenvalue weighted by Gasteiger charge is 2.30. The lowest BCUT2D eigenvalue weighted by Gasteiger charge is -2.07. The van der Waals surface area contributed by atoms with Gasteiger partial charge in [-0.2, -0.15) is 13.2 Å². The van der Waals surface area contributed by atoms with Gasteiger partial charge in [0.1, 0.15) is 5.82 Å². The third-order valence-corrected chi connectivity index (χ3v) is 4.28. The molecular weight excluding hydrogens is 349 g/mol. The smallest absolute Gasteiger partial charge is 0.299 e. The summed E-state index contributed by atoms with van der Waals surface area (Å²) in [6.07, 6.45) is -2.50. The van der Waals surface area contributed by atoms with Gasteiger partial charge in [0, 0.05) is 23.0 Å². The van der Waals surface area contributed by atoms with E-state index < -0.39 is 11.7 Å². The molecule has 0 radical (unpaired) electrons. The molecule has 4 aromatic rings. The molecule has 0 bridgehead atoms. The molecule has 0 aliphatic carbocycles. The van der Waals surface area contributed by atoms with E-state index in [4.69, 9.17) is 4.98 Å². The van der Waals surface area contributed by atoms with Gasteiger partial charge in [-0.1, -0.05) is 60.7 Å². The summed E-state index contributed by atoms with van der Waals surface area (Å²) < 4.78 is 40.4. The van der Waals surface area contributed by atoms with Gasteiger partial charge in [0.15, 0.2) is 0 Å². The molecule has 1 heterocycles. The summed E-state index contributed by atoms with van der Waals surface area (Å²) >= 11 is 0. The van der Waals surface area contributed by atoms with E-state index in [0.717, 1.165) is 29.2 Å². The van der Waals surface area contributed by atoms with E-state index in [0.29, 0.717) is 11.3 Å². The molecule has 0 atom stereocenters. The third-order valence-electron chi connectivity index (χ3n) is 4.28. The van der Waals surface area contributed by atoms with E-state index in [9.17, 15) is 13.2 Å². The molecular formula is C22H15F3N2. The largest absolute Gasteiger partial charge is 0.416 e. The van der Waals surface area contributed by atoms with Crippen LogP contribution in [0, 0.1) is 0 Å². The predicted molar refractivity (Wildman–Crippen MR) is 99.4 cm³/mol. The van der Waals surface area contributed by atoms with Gasteiger partial charge >= 0.3 is 6.18 Å². The summed E-state index contributed by atoms with van der Waals surface area (Å²) in [5, 5.41) is 0. The molecule has 134 valence electrons. The zero-order valence-electron chi connectivity index (χ0n) is 14.2. The first-order valence-electron chi connectivity index (χ1n) is 8.40. The predicted octanol–water partition coefficient (Wildman–Crippen LogP) is 6.23. The van der Waals surface area contributed by atoms with Gasteiger partial charge in [0.25, 0.3) is 0 Å². The lowest BCUT2D eigenvalue weighted by molar-refractivity contribution is -0.137. The van der Waals surface area contributed by atoms with Crippen LogP contribution >= 0.6 is 0 Å². The van der Waals surface area contributed by atoms with Crippen LogP contribution in [0.15, 0.2) is 91.1 Å². The van der Waals surface area contributed by atoms with Gasteiger partial charge in [0.2, 0.25) is 0 Å². The average molecular weight is 364 g/mol. The molecule has 0 saturated heterocycles. The van der Waals surface area contributed by atoms with Gasteiger partial charge in [-0.15, -0.1) is 0 Å². The molecule has 2 nitrogen and oxygen atoms in total. The Morgan fingerprint density at radius 3 is 1.85 bits per heavy atom. The zero-order chi connectivity index (χ0) is 18.9. The van der Waals surface area contributed by atoms with E-state index in [1.165, 1.54) is 12.1 Å². The Morgan fingerprint density at radius 1 is 0.667 bits per heavy atom. The van der Waals surface area contributed by atoms with E-state index in [1.807, 2.05) is 71.4 Å². The molecule has 0 aliphatic heterocycles. The lowest BCUT2D eigenvalue weighted by Crippen LogP contribution is -2.03. The topological polar surface area (TPSA) is 17.8 Å². The Kier molecular flexibility index (Phi) is 4.28. The standard InChI is InChI=1S/C22H15F3N2/c23-22(24,25)18-13-11-16(12-14-18)20-15-27(19-9-5-2-6-10-19)21(26-20)17-7-3-1-4-8-17/h1-15H. The zero-order valence-corrected chi connectivity index (χ0v) is 14.2. The second kappa shape index (κ2) is 6.76. The van der Waals surface area contributed by atoms with Crippen LogP contribution < -0.4 is 0 Å². The van der Waals surface area contributed by atoms with E-state index in [2.05, 4.69) is 0 Å². The van der Waals surface area contributed by atoms with Crippen molar-refractivity contribution >= 4 is 0 Å². The van der Waals surface area contributed by atoms with E-state index in [1.54, 1.807) is 0 Å². The van der Waals surface area contributed by atoms with Crippen molar-refractivity contribution in [1.82, 2.24) is 9.55 Å². The summed E-state index contributed by atoms with van der Waals surface area (Å²) in [6, 6.07) is 24.5. The number of aromatic nitrogens is 2. The summed E-state index contributed by atoms with van der Waals surface area (Å²) in [5.74, 6) is 0.733. The molecule has 0 unspecified atom stereocenters. The molecule has 0 aliphatic rings. The number of hydrogen-bond acceptors (Lipinski definition) is 1. The Hall–Kier alpha value is -3.34. The van der Waals surface area contributed by atoms with Crippen molar-refractivity contribution in [2.75, 3.05) is 0 Å². The van der Waals surface area contributed by atoms with Gasteiger partial charge in [-0.3, -0.25) is 4.57 Å². The van der Waals surface area contributed by atoms with Crippen molar-refractivity contribution in [2.45, 2.75) is 6.18 Å². The first-order valence-corrected chi connectivity index (χ1v) is 8.40. The maximum Gasteiger partial charge on any atom is 0.416 e. The summed E-state index contributed by atoms with van der Waals surface area (Å²) in [5.41, 5.74) is 2.44. The quantitative estimate of drug-likeness (QED) is 0.422. The molecule has 1 aromatic heterocycles. The highest BCUT2D eigenvalue weighted by atomic mass is 19.4. The number of nitrogens with zero attached hydrogens (tertiary/aromatic N) is 2. The van der Waals surface area contributed by atoms with Crippen LogP contribution in [-0.4, -0.2) is 9.55 Å². The second-order valence-corrected chi connectivity index (χ2v) is 6.10. The van der Waals surface area contributed by atoms with Gasteiger partial charge in [0.05, 0.1) is 11.3 Å². The molecule has 0 saturated carbocycles. The minimum atomic E-state index is -4.35. The fourth-order valence-corrected chi connectivity index (χ4v) is 2.93. The van der Waals surface area contributed by atoms with Crippen molar-refractivity contribution in [2.24, 2.45) is 0 Å². The number of para-hydroxylation sites is 1. The van der Waals surface area contributed by atoms with E-state index in [-0.39, 0.29) is 0 Å². The van der Waals surface area contributed by atoms with Crippen molar-refractivity contribution in [1.29, 1.82) is 0 Å². The molecule has 0 fully saturated rings. The Labute approximate surface area is 154 Å². The number of benzene rings is 3. The summed E-state index contributed by atoms with van der Waals surface area (Å²) in [6.45, 7) is 0. The van der Waals surface area contributed by atoms with Crippen LogP contribution in [0.4, 0.5) is 13.2 Å². The van der Waals surface area contributed by atoms with Gasteiger partial charge in [-0.05, 0) is 24.3 Å². The van der Waals surface area contributed by atoms with Gasteiger partial charge < -0.3 is 0 Å². The lowest BCUT2D eigenvalue weighted by atomic mass is 10.1. The molecule has 0 N–H and O–H groups in total. The van der Waals surface area contributed by atoms with Gasteiger partial charge in [-0.25, -0.2) is 4.98 Å². The van der Waals surface area contributed by atoms with Crippen molar-refractivity contribution in [3.63, 3.8) is 0 Å². The third kappa shape index (κ3) is 3.49. The molecule has 0 amide bonds. The molecule has 3 aromatic carbocycles. The number of imidazole rings is 1. The molecule has 0 spiro atoms. The van der Waals surface area contributed by atoms with Crippen LogP contribution in [0.25, 0.3) is 28.3 Å². The van der Waals surface area contributed by atoms with Crippen LogP contribution in [0.5, 0.6) is 0 Å². The fraction of sp³-hybridized carbons (Fsp3) is 0.0455. The SMILES string of the molecule is FC(F)(F)c1ccc(-c2cn(-c3ccccc3)c(-c3ccccc3)n2)cc1. The summed E-state index contributed by atoms with van der Waals surface area (Å²) in [7, 11) is 0. The minimum Gasteiger partial charge on any atom is -0.299 e.